The van der Waals surface area contributed by atoms with E-state index in [1.807, 2.05) is 6.92 Å². The number of nitrogens with one attached hydrogen (secondary N) is 1. The summed E-state index contributed by atoms with van der Waals surface area (Å²) in [7, 11) is 0. The Bertz CT molecular complexity index is 1010. The van der Waals surface area contributed by atoms with Crippen LogP contribution in [0.2, 0.25) is 0 Å². The molecule has 0 fully saturated rings. The average Bonchev–Trinajstić information content (AvgIpc) is 2.53. The zero-order valence-corrected chi connectivity index (χ0v) is 13.1. The Labute approximate surface area is 135 Å². The standard InChI is InChI=1S/C17H15FN2O4/c1-3-10-8-13(21)24-16-14(10)15(22)19-17(20-16)23-9(2)11-6-4-5-7-12(11)18/h4-9H,3H2,1-2H3,(H,19,20,22). The molecule has 6 nitrogen and oxygen atoms in total. The van der Waals surface area contributed by atoms with Gasteiger partial charge in [0.25, 0.3) is 11.6 Å². The fourth-order valence-electron chi connectivity index (χ4n) is 2.50. The van der Waals surface area contributed by atoms with Crippen molar-refractivity contribution in [3.05, 3.63) is 68.0 Å². The number of rotatable bonds is 4. The molecule has 1 unspecified atom stereocenters. The van der Waals surface area contributed by atoms with Crippen LogP contribution in [0.5, 0.6) is 6.01 Å². The van der Waals surface area contributed by atoms with Crippen molar-refractivity contribution in [1.29, 1.82) is 0 Å². The van der Waals surface area contributed by atoms with E-state index in [2.05, 4.69) is 9.97 Å². The van der Waals surface area contributed by atoms with Gasteiger partial charge in [-0.25, -0.2) is 9.18 Å². The second-order valence-corrected chi connectivity index (χ2v) is 5.28. The predicted octanol–water partition coefficient (Wildman–Crippen LogP) is 2.72. The van der Waals surface area contributed by atoms with Gasteiger partial charge in [0.15, 0.2) is 0 Å². The number of aryl methyl sites for hydroxylation is 1. The van der Waals surface area contributed by atoms with E-state index in [0.717, 1.165) is 0 Å². The van der Waals surface area contributed by atoms with Gasteiger partial charge in [0.05, 0.1) is 0 Å². The fourth-order valence-corrected chi connectivity index (χ4v) is 2.50. The smallest absolute Gasteiger partial charge is 0.337 e. The molecule has 3 aromatic rings. The second kappa shape index (κ2) is 6.27. The molecule has 1 N–H and O–H groups in total. The van der Waals surface area contributed by atoms with Crippen LogP contribution in [0.4, 0.5) is 4.39 Å². The van der Waals surface area contributed by atoms with Gasteiger partial charge in [-0.15, -0.1) is 0 Å². The Morgan fingerprint density at radius 2 is 2.08 bits per heavy atom. The van der Waals surface area contributed by atoms with Crippen LogP contribution in [-0.4, -0.2) is 9.97 Å². The van der Waals surface area contributed by atoms with E-state index in [1.54, 1.807) is 25.1 Å². The highest BCUT2D eigenvalue weighted by Crippen LogP contribution is 2.22. The van der Waals surface area contributed by atoms with Crippen molar-refractivity contribution < 1.29 is 13.5 Å². The average molecular weight is 330 g/mol. The Balaban J connectivity index is 2.04. The first kappa shape index (κ1) is 15.9. The SMILES string of the molecule is CCc1cc(=O)oc2nc(OC(C)c3ccccc3F)[nH]c(=O)c12. The molecule has 0 bridgehead atoms. The van der Waals surface area contributed by atoms with Gasteiger partial charge in [0.1, 0.15) is 17.3 Å². The minimum atomic E-state index is -0.687. The lowest BCUT2D eigenvalue weighted by atomic mass is 10.1. The number of ether oxygens (including phenoxy) is 1. The van der Waals surface area contributed by atoms with Gasteiger partial charge in [0.2, 0.25) is 5.71 Å². The topological polar surface area (TPSA) is 85.2 Å². The maximum absolute atomic E-state index is 13.8. The van der Waals surface area contributed by atoms with E-state index < -0.39 is 23.1 Å². The van der Waals surface area contributed by atoms with Gasteiger partial charge in [-0.05, 0) is 25.0 Å². The van der Waals surface area contributed by atoms with Crippen molar-refractivity contribution in [3.63, 3.8) is 0 Å². The van der Waals surface area contributed by atoms with Crippen molar-refractivity contribution in [1.82, 2.24) is 9.97 Å². The van der Waals surface area contributed by atoms with E-state index >= 15 is 0 Å². The molecule has 2 heterocycles. The molecule has 24 heavy (non-hydrogen) atoms. The van der Waals surface area contributed by atoms with Crippen LogP contribution in [-0.2, 0) is 6.42 Å². The van der Waals surface area contributed by atoms with Gasteiger partial charge in [0, 0.05) is 11.6 Å². The minimum Gasteiger partial charge on any atom is -0.457 e. The Morgan fingerprint density at radius 1 is 1.33 bits per heavy atom. The summed E-state index contributed by atoms with van der Waals surface area (Å²) in [5.41, 5.74) is -0.298. The van der Waals surface area contributed by atoms with E-state index in [1.165, 1.54) is 12.1 Å². The Hall–Kier alpha value is -2.96. The summed E-state index contributed by atoms with van der Waals surface area (Å²) >= 11 is 0. The summed E-state index contributed by atoms with van der Waals surface area (Å²) in [5.74, 6) is -0.423. The Morgan fingerprint density at radius 3 is 2.79 bits per heavy atom. The molecule has 0 saturated carbocycles. The van der Waals surface area contributed by atoms with Crippen LogP contribution in [0.15, 0.2) is 44.3 Å². The second-order valence-electron chi connectivity index (χ2n) is 5.28. The first-order valence-corrected chi connectivity index (χ1v) is 7.47. The summed E-state index contributed by atoms with van der Waals surface area (Å²) < 4.78 is 24.3. The molecule has 0 radical (unpaired) electrons. The molecule has 0 aliphatic heterocycles. The zero-order valence-electron chi connectivity index (χ0n) is 13.1. The Kier molecular flexibility index (Phi) is 4.16. The molecule has 0 aliphatic carbocycles. The van der Waals surface area contributed by atoms with Crippen LogP contribution in [0.1, 0.15) is 31.1 Å². The number of aromatic nitrogens is 2. The molecule has 0 saturated heterocycles. The normalized spacial score (nSPS) is 12.3. The third kappa shape index (κ3) is 2.92. The van der Waals surface area contributed by atoms with E-state index in [9.17, 15) is 14.0 Å². The van der Waals surface area contributed by atoms with E-state index in [0.29, 0.717) is 17.5 Å². The van der Waals surface area contributed by atoms with Gasteiger partial charge in [-0.1, -0.05) is 25.1 Å². The molecular weight excluding hydrogens is 315 g/mol. The minimum absolute atomic E-state index is 0.0983. The highest BCUT2D eigenvalue weighted by molar-refractivity contribution is 5.75. The fraction of sp³-hybridized carbons (Fsp3) is 0.235. The molecule has 0 spiro atoms. The third-order valence-electron chi connectivity index (χ3n) is 3.69. The first-order valence-electron chi connectivity index (χ1n) is 7.47. The summed E-state index contributed by atoms with van der Waals surface area (Å²) in [6, 6.07) is 7.28. The highest BCUT2D eigenvalue weighted by Gasteiger charge is 2.16. The van der Waals surface area contributed by atoms with Gasteiger partial charge < -0.3 is 9.15 Å². The van der Waals surface area contributed by atoms with Crippen molar-refractivity contribution in [3.8, 4) is 6.01 Å². The number of H-pyrrole nitrogens is 1. The summed E-state index contributed by atoms with van der Waals surface area (Å²) in [6.07, 6.45) is -0.202. The van der Waals surface area contributed by atoms with Crippen LogP contribution < -0.4 is 15.9 Å². The lowest BCUT2D eigenvalue weighted by Gasteiger charge is -2.14. The van der Waals surface area contributed by atoms with E-state index in [-0.39, 0.29) is 17.1 Å². The number of benzene rings is 1. The molecule has 7 heteroatoms. The highest BCUT2D eigenvalue weighted by atomic mass is 19.1. The molecule has 1 aromatic carbocycles. The first-order chi connectivity index (χ1) is 11.5. The summed E-state index contributed by atoms with van der Waals surface area (Å²) in [5, 5.41) is 0.211. The van der Waals surface area contributed by atoms with Gasteiger partial charge in [-0.3, -0.25) is 9.78 Å². The number of hydrogen-bond donors (Lipinski definition) is 1. The van der Waals surface area contributed by atoms with Crippen LogP contribution in [0, 0.1) is 5.82 Å². The van der Waals surface area contributed by atoms with Gasteiger partial charge >= 0.3 is 5.63 Å². The van der Waals surface area contributed by atoms with Gasteiger partial charge in [-0.2, -0.15) is 4.98 Å². The van der Waals surface area contributed by atoms with Crippen molar-refractivity contribution >= 4 is 11.1 Å². The monoisotopic (exact) mass is 330 g/mol. The molecule has 0 amide bonds. The molecule has 2 aromatic heterocycles. The summed E-state index contributed by atoms with van der Waals surface area (Å²) in [6.45, 7) is 3.44. The summed E-state index contributed by atoms with van der Waals surface area (Å²) in [4.78, 5) is 30.4. The molecule has 0 aliphatic rings. The molecule has 124 valence electrons. The third-order valence-corrected chi connectivity index (χ3v) is 3.69. The predicted molar refractivity (Wildman–Crippen MR) is 85.7 cm³/mol. The quantitative estimate of drug-likeness (QED) is 0.795. The number of aromatic amines is 1. The molecule has 3 rings (SSSR count). The number of halogens is 1. The molecule has 1 atom stereocenters. The van der Waals surface area contributed by atoms with Crippen LogP contribution in [0.25, 0.3) is 11.1 Å². The lowest BCUT2D eigenvalue weighted by molar-refractivity contribution is 0.202. The molecular formula is C17H15FN2O4. The maximum atomic E-state index is 13.8. The number of hydrogen-bond acceptors (Lipinski definition) is 5. The maximum Gasteiger partial charge on any atom is 0.337 e. The van der Waals surface area contributed by atoms with Crippen molar-refractivity contribution in [2.45, 2.75) is 26.4 Å². The van der Waals surface area contributed by atoms with Crippen molar-refractivity contribution in [2.75, 3.05) is 0 Å². The number of fused-ring (bicyclic) bond motifs is 1. The van der Waals surface area contributed by atoms with E-state index in [4.69, 9.17) is 9.15 Å². The number of nitrogens with zero attached hydrogens (tertiary/aromatic N) is 1. The van der Waals surface area contributed by atoms with Crippen molar-refractivity contribution in [2.24, 2.45) is 0 Å². The lowest BCUT2D eigenvalue weighted by Crippen LogP contribution is -2.16. The largest absolute Gasteiger partial charge is 0.457 e. The zero-order chi connectivity index (χ0) is 17.3. The van der Waals surface area contributed by atoms with Crippen LogP contribution >= 0.6 is 0 Å². The van der Waals surface area contributed by atoms with Crippen LogP contribution in [0.3, 0.4) is 0 Å².